The molecule has 2 aromatic rings. The van der Waals surface area contributed by atoms with Gasteiger partial charge in [-0.05, 0) is 19.1 Å². The lowest BCUT2D eigenvalue weighted by molar-refractivity contribution is 0.394. The van der Waals surface area contributed by atoms with Crippen LogP contribution in [0.2, 0.25) is 0 Å². The molecule has 0 saturated heterocycles. The molecule has 126 valence electrons. The summed E-state index contributed by atoms with van der Waals surface area (Å²) in [4.78, 5) is 0. The van der Waals surface area contributed by atoms with E-state index in [1.165, 1.54) is 21.1 Å². The lowest BCUT2D eigenvalue weighted by atomic mass is 10.1. The van der Waals surface area contributed by atoms with Gasteiger partial charge in [0.05, 0.1) is 20.0 Å². The number of sulfonamides is 1. The van der Waals surface area contributed by atoms with Crippen molar-refractivity contribution in [3.63, 3.8) is 0 Å². The lowest BCUT2D eigenvalue weighted by Gasteiger charge is -2.07. The number of nitrogens with one attached hydrogen (secondary N) is 1. The molecule has 2 rings (SSSR count). The van der Waals surface area contributed by atoms with Gasteiger partial charge in [-0.15, -0.1) is 0 Å². The van der Waals surface area contributed by atoms with Crippen molar-refractivity contribution in [2.45, 2.75) is 6.92 Å². The average molecular weight is 343 g/mol. The first-order valence-corrected chi connectivity index (χ1v) is 8.25. The molecule has 0 bridgehead atoms. The molecule has 0 aliphatic rings. The van der Waals surface area contributed by atoms with E-state index in [4.69, 9.17) is 13.9 Å². The molecule has 3 N–H and O–H groups in total. The number of hydrogen-bond acceptors (Lipinski definition) is 7. The molecule has 1 heterocycles. The van der Waals surface area contributed by atoms with Gasteiger partial charge < -0.3 is 24.1 Å². The van der Waals surface area contributed by atoms with Gasteiger partial charge in [0.1, 0.15) is 11.5 Å². The molecule has 1 aromatic heterocycles. The number of aromatic hydroxyl groups is 2. The highest BCUT2D eigenvalue weighted by atomic mass is 32.2. The van der Waals surface area contributed by atoms with Crippen LogP contribution >= 0.6 is 0 Å². The van der Waals surface area contributed by atoms with Crippen molar-refractivity contribution in [2.24, 2.45) is 0 Å². The summed E-state index contributed by atoms with van der Waals surface area (Å²) in [6, 6.07) is 4.70. The molecule has 0 spiro atoms. The Bertz CT molecular complexity index is 789. The number of anilines is 1. The van der Waals surface area contributed by atoms with Crippen LogP contribution in [-0.4, -0.2) is 38.6 Å². The Hall–Kier alpha value is -2.55. The highest BCUT2D eigenvalue weighted by Crippen LogP contribution is 2.46. The van der Waals surface area contributed by atoms with Crippen molar-refractivity contribution in [3.8, 4) is 34.3 Å². The Labute approximate surface area is 133 Å². The first-order chi connectivity index (χ1) is 10.8. The number of furan rings is 1. The van der Waals surface area contributed by atoms with Crippen molar-refractivity contribution in [1.82, 2.24) is 0 Å². The molecule has 0 atom stereocenters. The third kappa shape index (κ3) is 3.45. The smallest absolute Gasteiger partial charge is 0.253 e. The Morgan fingerprint density at radius 3 is 2.13 bits per heavy atom. The molecule has 0 radical (unpaired) electrons. The van der Waals surface area contributed by atoms with E-state index in [1.54, 1.807) is 18.2 Å². The van der Waals surface area contributed by atoms with Crippen LogP contribution in [0.15, 0.2) is 22.6 Å². The molecule has 0 saturated carbocycles. The molecule has 1 aromatic carbocycles. The van der Waals surface area contributed by atoms with Crippen LogP contribution < -0.4 is 14.2 Å². The van der Waals surface area contributed by atoms with E-state index in [-0.39, 0.29) is 11.5 Å². The normalized spacial score (nSPS) is 11.3. The fraction of sp³-hybridized carbons (Fsp3) is 0.286. The number of benzene rings is 1. The van der Waals surface area contributed by atoms with E-state index in [0.29, 0.717) is 17.1 Å². The molecular weight excluding hydrogens is 326 g/mol. The molecular formula is C14H17NO7S. The predicted molar refractivity (Wildman–Crippen MR) is 83.7 cm³/mol. The highest BCUT2D eigenvalue weighted by Gasteiger charge is 2.24. The molecule has 23 heavy (non-hydrogen) atoms. The lowest BCUT2D eigenvalue weighted by Crippen LogP contribution is -2.14. The second-order valence-corrected chi connectivity index (χ2v) is 6.58. The topological polar surface area (TPSA) is 118 Å². The zero-order valence-corrected chi connectivity index (χ0v) is 13.6. The van der Waals surface area contributed by atoms with Crippen LogP contribution in [0, 0.1) is 0 Å². The standard InChI is InChI=1S/C14H17NO7S/c1-4-23(18,19)15-14-12(17)11(16)13(22-14)8-5-9(20-2)7-10(6-8)21-3/h5-7,15-17H,4H2,1-3H3. The average Bonchev–Trinajstić information content (AvgIpc) is 2.82. The number of methoxy groups -OCH3 is 2. The SMILES string of the molecule is CCS(=O)(=O)Nc1oc(-c2cc(OC)cc(OC)c2)c(O)c1O. The van der Waals surface area contributed by atoms with Crippen LogP contribution in [0.25, 0.3) is 11.3 Å². The van der Waals surface area contributed by atoms with E-state index >= 15 is 0 Å². The minimum atomic E-state index is -3.67. The molecule has 0 amide bonds. The summed E-state index contributed by atoms with van der Waals surface area (Å²) < 4.78 is 40.7. The summed E-state index contributed by atoms with van der Waals surface area (Å²) in [5.41, 5.74) is 0.343. The van der Waals surface area contributed by atoms with Gasteiger partial charge in [-0.25, -0.2) is 13.1 Å². The summed E-state index contributed by atoms with van der Waals surface area (Å²) >= 11 is 0. The van der Waals surface area contributed by atoms with Gasteiger partial charge in [-0.3, -0.25) is 0 Å². The molecule has 0 unspecified atom stereocenters. The van der Waals surface area contributed by atoms with Crippen LogP contribution in [0.4, 0.5) is 5.88 Å². The van der Waals surface area contributed by atoms with E-state index in [1.807, 2.05) is 0 Å². The van der Waals surface area contributed by atoms with E-state index in [2.05, 4.69) is 4.72 Å². The largest absolute Gasteiger partial charge is 0.502 e. The highest BCUT2D eigenvalue weighted by molar-refractivity contribution is 7.92. The Morgan fingerprint density at radius 2 is 1.65 bits per heavy atom. The predicted octanol–water partition coefficient (Wildman–Crippen LogP) is 2.14. The second-order valence-electron chi connectivity index (χ2n) is 4.56. The van der Waals surface area contributed by atoms with Crippen molar-refractivity contribution in [2.75, 3.05) is 24.7 Å². The van der Waals surface area contributed by atoms with Crippen molar-refractivity contribution < 1.29 is 32.5 Å². The van der Waals surface area contributed by atoms with Crippen molar-refractivity contribution in [1.29, 1.82) is 0 Å². The van der Waals surface area contributed by atoms with Gasteiger partial charge in [0.2, 0.25) is 21.5 Å². The summed E-state index contributed by atoms with van der Waals surface area (Å²) in [5.74, 6) is -1.20. The summed E-state index contributed by atoms with van der Waals surface area (Å²) in [6.45, 7) is 1.43. The van der Waals surface area contributed by atoms with Crippen LogP contribution in [-0.2, 0) is 10.0 Å². The molecule has 9 heteroatoms. The van der Waals surface area contributed by atoms with E-state index < -0.39 is 27.4 Å². The fourth-order valence-corrected chi connectivity index (χ4v) is 2.40. The monoisotopic (exact) mass is 343 g/mol. The summed E-state index contributed by atoms with van der Waals surface area (Å²) in [7, 11) is -0.756. The Balaban J connectivity index is 2.53. The maximum absolute atomic E-state index is 11.6. The third-order valence-electron chi connectivity index (χ3n) is 3.10. The van der Waals surface area contributed by atoms with Crippen molar-refractivity contribution >= 4 is 15.9 Å². The molecule has 0 aliphatic heterocycles. The minimum Gasteiger partial charge on any atom is -0.502 e. The zero-order chi connectivity index (χ0) is 17.2. The third-order valence-corrected chi connectivity index (χ3v) is 4.36. The van der Waals surface area contributed by atoms with Gasteiger partial charge in [0.25, 0.3) is 5.88 Å². The first kappa shape index (κ1) is 16.8. The van der Waals surface area contributed by atoms with Gasteiger partial charge in [0, 0.05) is 11.6 Å². The van der Waals surface area contributed by atoms with E-state index in [0.717, 1.165) is 0 Å². The number of ether oxygens (including phenoxy) is 2. The quantitative estimate of drug-likeness (QED) is 0.735. The van der Waals surface area contributed by atoms with Gasteiger partial charge in [0.15, 0.2) is 5.76 Å². The van der Waals surface area contributed by atoms with Gasteiger partial charge >= 0.3 is 0 Å². The molecule has 8 nitrogen and oxygen atoms in total. The van der Waals surface area contributed by atoms with E-state index in [9.17, 15) is 18.6 Å². The first-order valence-electron chi connectivity index (χ1n) is 6.60. The maximum atomic E-state index is 11.6. The van der Waals surface area contributed by atoms with Crippen LogP contribution in [0.1, 0.15) is 6.92 Å². The summed E-state index contributed by atoms with van der Waals surface area (Å²) in [6.07, 6.45) is 0. The van der Waals surface area contributed by atoms with Gasteiger partial charge in [-0.2, -0.15) is 0 Å². The van der Waals surface area contributed by atoms with Crippen LogP contribution in [0.3, 0.4) is 0 Å². The minimum absolute atomic E-state index is 0.117. The van der Waals surface area contributed by atoms with Gasteiger partial charge in [-0.1, -0.05) is 0 Å². The number of rotatable bonds is 6. The zero-order valence-electron chi connectivity index (χ0n) is 12.8. The number of hydrogen-bond donors (Lipinski definition) is 3. The maximum Gasteiger partial charge on any atom is 0.253 e. The Kier molecular flexibility index (Phi) is 4.60. The second kappa shape index (κ2) is 6.29. The molecule has 0 fully saturated rings. The molecule has 0 aliphatic carbocycles. The summed E-state index contributed by atoms with van der Waals surface area (Å²) in [5, 5.41) is 19.9. The Morgan fingerprint density at radius 1 is 1.09 bits per heavy atom. The fourth-order valence-electron chi connectivity index (χ4n) is 1.83. The van der Waals surface area contributed by atoms with Crippen LogP contribution in [0.5, 0.6) is 23.0 Å². The van der Waals surface area contributed by atoms with Crippen molar-refractivity contribution in [3.05, 3.63) is 18.2 Å².